The minimum Gasteiger partial charge on any atom is -0.376 e. The van der Waals surface area contributed by atoms with Crippen LogP contribution in [-0.4, -0.2) is 57.9 Å². The van der Waals surface area contributed by atoms with E-state index in [4.69, 9.17) is 4.74 Å². The molecule has 0 aromatic heterocycles. The first-order valence-electron chi connectivity index (χ1n) is 5.80. The number of rotatable bonds is 6. The molecular formula is C10H22N2O3S. The summed E-state index contributed by atoms with van der Waals surface area (Å²) in [6.07, 6.45) is 1.63. The van der Waals surface area contributed by atoms with E-state index < -0.39 is 10.0 Å². The summed E-state index contributed by atoms with van der Waals surface area (Å²) in [4.78, 5) is 0. The van der Waals surface area contributed by atoms with E-state index in [9.17, 15) is 8.42 Å². The Morgan fingerprint density at radius 2 is 2.19 bits per heavy atom. The number of nitrogens with zero attached hydrogens (tertiary/aromatic N) is 1. The van der Waals surface area contributed by atoms with Gasteiger partial charge < -0.3 is 10.1 Å². The van der Waals surface area contributed by atoms with Gasteiger partial charge in [0.25, 0.3) is 0 Å². The van der Waals surface area contributed by atoms with Crippen LogP contribution in [0.3, 0.4) is 0 Å². The van der Waals surface area contributed by atoms with Crippen LogP contribution in [0.1, 0.15) is 19.8 Å². The number of nitrogens with one attached hydrogen (secondary N) is 1. The van der Waals surface area contributed by atoms with Gasteiger partial charge in [0.05, 0.1) is 18.5 Å². The first-order chi connectivity index (χ1) is 7.56. The first-order valence-corrected chi connectivity index (χ1v) is 7.41. The maximum absolute atomic E-state index is 11.9. The number of hydrogen-bond acceptors (Lipinski definition) is 4. The summed E-state index contributed by atoms with van der Waals surface area (Å²) < 4.78 is 30.8. The van der Waals surface area contributed by atoms with Crippen LogP contribution in [0.15, 0.2) is 0 Å². The number of morpholine rings is 1. The zero-order valence-electron chi connectivity index (χ0n) is 10.1. The van der Waals surface area contributed by atoms with Crippen molar-refractivity contribution in [3.63, 3.8) is 0 Å². The molecule has 16 heavy (non-hydrogen) atoms. The van der Waals surface area contributed by atoms with Crippen molar-refractivity contribution in [3.8, 4) is 0 Å². The molecule has 5 nitrogen and oxygen atoms in total. The van der Waals surface area contributed by atoms with Gasteiger partial charge in [-0.15, -0.1) is 0 Å². The highest BCUT2D eigenvalue weighted by atomic mass is 32.2. The molecule has 1 saturated heterocycles. The predicted octanol–water partition coefficient (Wildman–Crippen LogP) is 0.0365. The molecule has 1 aliphatic heterocycles. The molecule has 1 fully saturated rings. The topological polar surface area (TPSA) is 58.6 Å². The van der Waals surface area contributed by atoms with Gasteiger partial charge in [-0.1, -0.05) is 0 Å². The second-order valence-electron chi connectivity index (χ2n) is 4.17. The quantitative estimate of drug-likeness (QED) is 0.676. The summed E-state index contributed by atoms with van der Waals surface area (Å²) in [5.74, 6) is 0.251. The Bertz CT molecular complexity index is 292. The number of hydrogen-bond donors (Lipinski definition) is 1. The van der Waals surface area contributed by atoms with Crippen molar-refractivity contribution < 1.29 is 13.2 Å². The SMILES string of the molecule is CNCCCCS(=O)(=O)N1CCOC(C)C1. The molecule has 0 aromatic rings. The van der Waals surface area contributed by atoms with Crippen molar-refractivity contribution in [2.75, 3.05) is 39.0 Å². The number of sulfonamides is 1. The molecule has 0 aromatic carbocycles. The van der Waals surface area contributed by atoms with E-state index >= 15 is 0 Å². The molecule has 1 aliphatic rings. The Balaban J connectivity index is 2.37. The van der Waals surface area contributed by atoms with Crippen LogP contribution in [0.2, 0.25) is 0 Å². The van der Waals surface area contributed by atoms with Gasteiger partial charge in [0.1, 0.15) is 0 Å². The van der Waals surface area contributed by atoms with Crippen molar-refractivity contribution >= 4 is 10.0 Å². The lowest BCUT2D eigenvalue weighted by atomic mass is 10.3. The third-order valence-electron chi connectivity index (χ3n) is 2.68. The van der Waals surface area contributed by atoms with Crippen molar-refractivity contribution in [2.24, 2.45) is 0 Å². The van der Waals surface area contributed by atoms with Crippen molar-refractivity contribution in [1.29, 1.82) is 0 Å². The zero-order chi connectivity index (χ0) is 12.0. The van der Waals surface area contributed by atoms with Crippen molar-refractivity contribution in [2.45, 2.75) is 25.9 Å². The summed E-state index contributed by atoms with van der Waals surface area (Å²) in [7, 11) is -1.20. The fourth-order valence-corrected chi connectivity index (χ4v) is 3.37. The van der Waals surface area contributed by atoms with Crippen LogP contribution < -0.4 is 5.32 Å². The van der Waals surface area contributed by atoms with Gasteiger partial charge in [-0.3, -0.25) is 0 Å². The molecule has 0 saturated carbocycles. The standard InChI is InChI=1S/C10H22N2O3S/c1-10-9-12(6-7-15-10)16(13,14)8-4-3-5-11-2/h10-11H,3-9H2,1-2H3. The summed E-state index contributed by atoms with van der Waals surface area (Å²) in [5.41, 5.74) is 0. The van der Waals surface area contributed by atoms with Gasteiger partial charge >= 0.3 is 0 Å². The maximum Gasteiger partial charge on any atom is 0.214 e. The van der Waals surface area contributed by atoms with E-state index in [1.165, 1.54) is 0 Å². The molecule has 1 heterocycles. The van der Waals surface area contributed by atoms with Crippen LogP contribution in [0.5, 0.6) is 0 Å². The van der Waals surface area contributed by atoms with E-state index in [1.807, 2.05) is 14.0 Å². The minimum atomic E-state index is -3.07. The van der Waals surface area contributed by atoms with E-state index in [0.29, 0.717) is 19.7 Å². The van der Waals surface area contributed by atoms with E-state index in [0.717, 1.165) is 19.4 Å². The van der Waals surface area contributed by atoms with Gasteiger partial charge in [0.2, 0.25) is 10.0 Å². The lowest BCUT2D eigenvalue weighted by Gasteiger charge is -2.30. The predicted molar refractivity (Wildman–Crippen MR) is 63.9 cm³/mol. The minimum absolute atomic E-state index is 0.0147. The van der Waals surface area contributed by atoms with E-state index in [1.54, 1.807) is 4.31 Å². The summed E-state index contributed by atoms with van der Waals surface area (Å²) in [5, 5.41) is 3.01. The van der Waals surface area contributed by atoms with Gasteiger partial charge in [-0.25, -0.2) is 8.42 Å². The number of unbranched alkanes of at least 4 members (excludes halogenated alkanes) is 1. The average Bonchev–Trinajstić information content (AvgIpc) is 2.24. The fraction of sp³-hybridized carbons (Fsp3) is 1.00. The van der Waals surface area contributed by atoms with Crippen LogP contribution in [0.25, 0.3) is 0 Å². The lowest BCUT2D eigenvalue weighted by molar-refractivity contribution is 0.0102. The molecule has 0 spiro atoms. The third kappa shape index (κ3) is 4.37. The lowest BCUT2D eigenvalue weighted by Crippen LogP contribution is -2.45. The third-order valence-corrected chi connectivity index (χ3v) is 4.60. The summed E-state index contributed by atoms with van der Waals surface area (Å²) in [6.45, 7) is 4.28. The first kappa shape index (κ1) is 13.9. The van der Waals surface area contributed by atoms with Crippen LogP contribution in [0, 0.1) is 0 Å². The molecule has 0 bridgehead atoms. The van der Waals surface area contributed by atoms with Gasteiger partial charge in [0, 0.05) is 13.1 Å². The highest BCUT2D eigenvalue weighted by molar-refractivity contribution is 7.89. The second kappa shape index (κ2) is 6.54. The Kier molecular flexibility index (Phi) is 5.68. The monoisotopic (exact) mass is 250 g/mol. The van der Waals surface area contributed by atoms with Gasteiger partial charge in [0.15, 0.2) is 0 Å². The van der Waals surface area contributed by atoms with Crippen LogP contribution >= 0.6 is 0 Å². The molecule has 96 valence electrons. The molecule has 0 radical (unpaired) electrons. The Morgan fingerprint density at radius 3 is 2.81 bits per heavy atom. The number of ether oxygens (including phenoxy) is 1. The van der Waals surface area contributed by atoms with Gasteiger partial charge in [-0.2, -0.15) is 4.31 Å². The average molecular weight is 250 g/mol. The zero-order valence-corrected chi connectivity index (χ0v) is 10.9. The molecule has 1 rings (SSSR count). The molecular weight excluding hydrogens is 228 g/mol. The molecule has 0 amide bonds. The molecule has 6 heteroatoms. The summed E-state index contributed by atoms with van der Waals surface area (Å²) in [6, 6.07) is 0. The van der Waals surface area contributed by atoms with Crippen molar-refractivity contribution in [1.82, 2.24) is 9.62 Å². The molecule has 1 unspecified atom stereocenters. The highest BCUT2D eigenvalue weighted by Crippen LogP contribution is 2.11. The van der Waals surface area contributed by atoms with E-state index in [2.05, 4.69) is 5.32 Å². The second-order valence-corrected chi connectivity index (χ2v) is 6.25. The maximum atomic E-state index is 11.9. The fourth-order valence-electron chi connectivity index (χ4n) is 1.75. The Morgan fingerprint density at radius 1 is 1.44 bits per heavy atom. The van der Waals surface area contributed by atoms with Gasteiger partial charge in [-0.05, 0) is 33.4 Å². The smallest absolute Gasteiger partial charge is 0.214 e. The van der Waals surface area contributed by atoms with Crippen LogP contribution in [-0.2, 0) is 14.8 Å². The van der Waals surface area contributed by atoms with E-state index in [-0.39, 0.29) is 11.9 Å². The van der Waals surface area contributed by atoms with Crippen molar-refractivity contribution in [3.05, 3.63) is 0 Å². The highest BCUT2D eigenvalue weighted by Gasteiger charge is 2.26. The normalized spacial score (nSPS) is 23.5. The molecule has 1 atom stereocenters. The molecule has 0 aliphatic carbocycles. The van der Waals surface area contributed by atoms with Crippen LogP contribution in [0.4, 0.5) is 0 Å². The Hall–Kier alpha value is -0.170. The summed E-state index contributed by atoms with van der Waals surface area (Å²) >= 11 is 0. The largest absolute Gasteiger partial charge is 0.376 e. The molecule has 1 N–H and O–H groups in total. The Labute approximate surface area is 98.2 Å².